The van der Waals surface area contributed by atoms with Crippen LogP contribution in [0.3, 0.4) is 0 Å². The van der Waals surface area contributed by atoms with Crippen LogP contribution < -0.4 is 5.73 Å². The molecular formula is C11H17NO. The van der Waals surface area contributed by atoms with Gasteiger partial charge in [0.2, 0.25) is 0 Å². The van der Waals surface area contributed by atoms with Gasteiger partial charge in [-0.3, -0.25) is 0 Å². The minimum atomic E-state index is -0.428. The third-order valence-electron chi connectivity index (χ3n) is 2.11. The standard InChI is InChI=1S/C11H17NO/c1-8(13)9-5-4-6-10(7-9)11(2,3)12/h4-8,13H,12H2,1-3H3. The molecule has 0 amide bonds. The third-order valence-corrected chi connectivity index (χ3v) is 2.11. The SMILES string of the molecule is CC(O)c1cccc(C(C)(C)N)c1. The van der Waals surface area contributed by atoms with Crippen LogP contribution in [0.15, 0.2) is 24.3 Å². The molecule has 72 valence electrons. The van der Waals surface area contributed by atoms with Crippen molar-refractivity contribution in [1.29, 1.82) is 0 Å². The van der Waals surface area contributed by atoms with E-state index in [0.29, 0.717) is 0 Å². The van der Waals surface area contributed by atoms with Gasteiger partial charge < -0.3 is 10.8 Å². The van der Waals surface area contributed by atoms with Crippen LogP contribution >= 0.6 is 0 Å². The van der Waals surface area contributed by atoms with Gasteiger partial charge in [0.05, 0.1) is 6.10 Å². The second-order valence-electron chi connectivity index (χ2n) is 4.02. The average molecular weight is 179 g/mol. The quantitative estimate of drug-likeness (QED) is 0.728. The van der Waals surface area contributed by atoms with Crippen molar-refractivity contribution in [3.63, 3.8) is 0 Å². The fourth-order valence-corrected chi connectivity index (χ4v) is 1.20. The molecule has 0 radical (unpaired) electrons. The highest BCUT2D eigenvalue weighted by molar-refractivity contribution is 5.29. The number of nitrogens with two attached hydrogens (primary N) is 1. The number of hydrogen-bond acceptors (Lipinski definition) is 2. The Kier molecular flexibility index (Phi) is 2.74. The molecule has 0 saturated heterocycles. The number of hydrogen-bond donors (Lipinski definition) is 2. The first-order chi connectivity index (χ1) is 5.91. The smallest absolute Gasteiger partial charge is 0.0762 e. The molecule has 0 bridgehead atoms. The van der Waals surface area contributed by atoms with Crippen molar-refractivity contribution in [3.05, 3.63) is 35.4 Å². The molecule has 3 N–H and O–H groups in total. The van der Waals surface area contributed by atoms with Crippen molar-refractivity contribution in [3.8, 4) is 0 Å². The van der Waals surface area contributed by atoms with E-state index in [0.717, 1.165) is 11.1 Å². The van der Waals surface area contributed by atoms with E-state index in [2.05, 4.69) is 0 Å². The molecule has 0 fully saturated rings. The normalized spacial score (nSPS) is 14.2. The Morgan fingerprint density at radius 1 is 1.38 bits per heavy atom. The molecule has 1 atom stereocenters. The topological polar surface area (TPSA) is 46.2 Å². The maximum atomic E-state index is 9.37. The molecule has 1 unspecified atom stereocenters. The zero-order valence-electron chi connectivity index (χ0n) is 8.41. The van der Waals surface area contributed by atoms with Crippen molar-refractivity contribution in [2.45, 2.75) is 32.4 Å². The predicted molar refractivity (Wildman–Crippen MR) is 54.3 cm³/mol. The molecule has 2 heteroatoms. The van der Waals surface area contributed by atoms with Crippen LogP contribution in [0.2, 0.25) is 0 Å². The van der Waals surface area contributed by atoms with Gasteiger partial charge in [-0.1, -0.05) is 24.3 Å². The zero-order chi connectivity index (χ0) is 10.1. The summed E-state index contributed by atoms with van der Waals surface area (Å²) in [5, 5.41) is 9.37. The fraction of sp³-hybridized carbons (Fsp3) is 0.455. The van der Waals surface area contributed by atoms with Gasteiger partial charge in [-0.25, -0.2) is 0 Å². The van der Waals surface area contributed by atoms with Crippen LogP contribution in [-0.4, -0.2) is 5.11 Å². The van der Waals surface area contributed by atoms with Crippen LogP contribution in [0, 0.1) is 0 Å². The summed E-state index contributed by atoms with van der Waals surface area (Å²) < 4.78 is 0. The average Bonchev–Trinajstić information content (AvgIpc) is 2.03. The Morgan fingerprint density at radius 3 is 2.46 bits per heavy atom. The van der Waals surface area contributed by atoms with Crippen LogP contribution in [0.4, 0.5) is 0 Å². The van der Waals surface area contributed by atoms with Gasteiger partial charge in [0.1, 0.15) is 0 Å². The van der Waals surface area contributed by atoms with Gasteiger partial charge in [0, 0.05) is 5.54 Å². The maximum Gasteiger partial charge on any atom is 0.0762 e. The van der Waals surface area contributed by atoms with Crippen LogP contribution in [-0.2, 0) is 5.54 Å². The maximum absolute atomic E-state index is 9.37. The van der Waals surface area contributed by atoms with E-state index in [9.17, 15) is 5.11 Å². The van der Waals surface area contributed by atoms with E-state index >= 15 is 0 Å². The first kappa shape index (κ1) is 10.2. The lowest BCUT2D eigenvalue weighted by atomic mass is 9.93. The predicted octanol–water partition coefficient (Wildman–Crippen LogP) is 1.93. The zero-order valence-corrected chi connectivity index (χ0v) is 8.41. The number of aliphatic hydroxyl groups is 1. The van der Waals surface area contributed by atoms with Crippen LogP contribution in [0.25, 0.3) is 0 Å². The Balaban J connectivity index is 3.06. The molecule has 1 aromatic rings. The van der Waals surface area contributed by atoms with Crippen molar-refractivity contribution < 1.29 is 5.11 Å². The summed E-state index contributed by atoms with van der Waals surface area (Å²) in [6, 6.07) is 7.75. The highest BCUT2D eigenvalue weighted by Gasteiger charge is 2.14. The lowest BCUT2D eigenvalue weighted by Gasteiger charge is -2.20. The highest BCUT2D eigenvalue weighted by atomic mass is 16.3. The molecule has 0 saturated carbocycles. The van der Waals surface area contributed by atoms with Crippen molar-refractivity contribution in [2.75, 3.05) is 0 Å². The Morgan fingerprint density at radius 2 is 2.00 bits per heavy atom. The van der Waals surface area contributed by atoms with E-state index in [1.807, 2.05) is 38.1 Å². The van der Waals surface area contributed by atoms with E-state index < -0.39 is 6.10 Å². The summed E-state index contributed by atoms with van der Waals surface area (Å²) in [6.07, 6.45) is -0.428. The molecule has 13 heavy (non-hydrogen) atoms. The lowest BCUT2D eigenvalue weighted by molar-refractivity contribution is 0.199. The summed E-state index contributed by atoms with van der Waals surface area (Å²) in [4.78, 5) is 0. The summed E-state index contributed by atoms with van der Waals surface area (Å²) in [7, 11) is 0. The Labute approximate surface area is 79.4 Å². The molecule has 0 aromatic heterocycles. The molecule has 0 aliphatic carbocycles. The van der Waals surface area contributed by atoms with Gasteiger partial charge in [-0.05, 0) is 31.9 Å². The van der Waals surface area contributed by atoms with Gasteiger partial charge in [-0.2, -0.15) is 0 Å². The fourth-order valence-electron chi connectivity index (χ4n) is 1.20. The lowest BCUT2D eigenvalue weighted by Crippen LogP contribution is -2.28. The molecule has 1 aromatic carbocycles. The summed E-state index contributed by atoms with van der Waals surface area (Å²) in [6.45, 7) is 5.66. The summed E-state index contributed by atoms with van der Waals surface area (Å²) >= 11 is 0. The Bertz CT molecular complexity index is 286. The van der Waals surface area contributed by atoms with Gasteiger partial charge in [0.15, 0.2) is 0 Å². The van der Waals surface area contributed by atoms with Crippen molar-refractivity contribution in [1.82, 2.24) is 0 Å². The monoisotopic (exact) mass is 179 g/mol. The minimum absolute atomic E-state index is 0.342. The minimum Gasteiger partial charge on any atom is -0.389 e. The van der Waals surface area contributed by atoms with E-state index in [4.69, 9.17) is 5.73 Å². The Hall–Kier alpha value is -0.860. The summed E-state index contributed by atoms with van der Waals surface area (Å²) in [5.41, 5.74) is 7.56. The molecule has 0 aliphatic heterocycles. The van der Waals surface area contributed by atoms with E-state index in [1.165, 1.54) is 0 Å². The second-order valence-corrected chi connectivity index (χ2v) is 4.02. The summed E-state index contributed by atoms with van der Waals surface area (Å²) in [5.74, 6) is 0. The number of aliphatic hydroxyl groups excluding tert-OH is 1. The van der Waals surface area contributed by atoms with Crippen molar-refractivity contribution in [2.24, 2.45) is 5.73 Å². The number of benzene rings is 1. The molecule has 0 spiro atoms. The highest BCUT2D eigenvalue weighted by Crippen LogP contribution is 2.20. The van der Waals surface area contributed by atoms with Gasteiger partial charge in [0.25, 0.3) is 0 Å². The molecule has 2 nitrogen and oxygen atoms in total. The molecule has 0 heterocycles. The largest absolute Gasteiger partial charge is 0.389 e. The van der Waals surface area contributed by atoms with Crippen LogP contribution in [0.5, 0.6) is 0 Å². The third kappa shape index (κ3) is 2.54. The van der Waals surface area contributed by atoms with Crippen LogP contribution in [0.1, 0.15) is 38.0 Å². The molecule has 0 aliphatic rings. The van der Waals surface area contributed by atoms with Gasteiger partial charge in [-0.15, -0.1) is 0 Å². The van der Waals surface area contributed by atoms with Gasteiger partial charge >= 0.3 is 0 Å². The van der Waals surface area contributed by atoms with E-state index in [1.54, 1.807) is 6.92 Å². The van der Waals surface area contributed by atoms with Crippen molar-refractivity contribution >= 4 is 0 Å². The number of rotatable bonds is 2. The first-order valence-corrected chi connectivity index (χ1v) is 4.48. The molecular weight excluding hydrogens is 162 g/mol. The first-order valence-electron chi connectivity index (χ1n) is 4.48. The second kappa shape index (κ2) is 3.48. The molecule has 1 rings (SSSR count). The van der Waals surface area contributed by atoms with E-state index in [-0.39, 0.29) is 5.54 Å².